The lowest BCUT2D eigenvalue weighted by molar-refractivity contribution is -0.343. The summed E-state index contributed by atoms with van der Waals surface area (Å²) in [6.07, 6.45) is 0.0736. The minimum Gasteiger partial charge on any atom is -0.414 e. The lowest BCUT2D eigenvalue weighted by Gasteiger charge is -2.44. The number of hydrogen-bond acceptors (Lipinski definition) is 2. The molecule has 3 aliphatic carbocycles. The molecule has 42 heavy (non-hydrogen) atoms. The molecule has 3 fully saturated rings. The number of hydrogen-bond donors (Lipinski definition) is 1. The summed E-state index contributed by atoms with van der Waals surface area (Å²) in [6, 6.07) is 0. The van der Waals surface area contributed by atoms with Gasteiger partial charge in [0.1, 0.15) is 0 Å². The molecular weight excluding hydrogens is 570 g/mol. The van der Waals surface area contributed by atoms with Gasteiger partial charge in [-0.25, -0.2) is 0 Å². The second-order valence-corrected chi connectivity index (χ2v) is 19.3. The monoisotopic (exact) mass is 618 g/mol. The van der Waals surface area contributed by atoms with Crippen LogP contribution in [0.2, 0.25) is 18.1 Å². The molecule has 0 unspecified atom stereocenters. The van der Waals surface area contributed by atoms with E-state index in [4.69, 9.17) is 4.43 Å². The van der Waals surface area contributed by atoms with Crippen LogP contribution in [0.25, 0.3) is 0 Å². The van der Waals surface area contributed by atoms with E-state index in [0.29, 0.717) is 5.92 Å². The van der Waals surface area contributed by atoms with Crippen LogP contribution in [0.5, 0.6) is 0 Å². The topological polar surface area (TPSA) is 29.5 Å². The van der Waals surface area contributed by atoms with E-state index < -0.39 is 26.3 Å². The summed E-state index contributed by atoms with van der Waals surface area (Å²) < 4.78 is 84.9. The highest BCUT2D eigenvalue weighted by Gasteiger charge is 2.70. The van der Waals surface area contributed by atoms with Gasteiger partial charge >= 0.3 is 18.0 Å². The number of halogens is 6. The Morgan fingerprint density at radius 1 is 1.05 bits per heavy atom. The molecule has 3 saturated carbocycles. The molecule has 3 rings (SSSR count). The third kappa shape index (κ3) is 7.07. The summed E-state index contributed by atoms with van der Waals surface area (Å²) in [5.41, 5.74) is -1.39. The second kappa shape index (κ2) is 12.1. The maximum Gasteiger partial charge on any atom is 0.438 e. The van der Waals surface area contributed by atoms with Gasteiger partial charge in [-0.2, -0.15) is 26.3 Å². The van der Waals surface area contributed by atoms with E-state index in [2.05, 4.69) is 65.4 Å². The fourth-order valence-corrected chi connectivity index (χ4v) is 8.46. The number of allylic oxidation sites excluding steroid dienone is 4. The number of aliphatic hydroxyl groups is 1. The molecule has 1 N–H and O–H groups in total. The fourth-order valence-electron chi connectivity index (χ4n) is 7.07. The molecule has 0 bridgehead atoms. The van der Waals surface area contributed by atoms with Gasteiger partial charge < -0.3 is 9.53 Å². The van der Waals surface area contributed by atoms with Gasteiger partial charge in [0.25, 0.3) is 0 Å². The first-order valence-electron chi connectivity index (χ1n) is 15.1. The van der Waals surface area contributed by atoms with Crippen molar-refractivity contribution in [2.24, 2.45) is 23.2 Å². The van der Waals surface area contributed by atoms with Crippen molar-refractivity contribution in [3.63, 3.8) is 0 Å². The Hall–Kier alpha value is -1.50. The second-order valence-electron chi connectivity index (χ2n) is 14.6. The van der Waals surface area contributed by atoms with Crippen LogP contribution < -0.4 is 0 Å². The number of rotatable bonds is 5. The Labute approximate surface area is 249 Å². The Bertz CT molecular complexity index is 1120. The van der Waals surface area contributed by atoms with E-state index in [1.165, 1.54) is 11.1 Å². The Kier molecular flexibility index (Phi) is 10.1. The van der Waals surface area contributed by atoms with Crippen molar-refractivity contribution < 1.29 is 35.9 Å². The zero-order valence-corrected chi connectivity index (χ0v) is 27.2. The van der Waals surface area contributed by atoms with Gasteiger partial charge in [0.05, 0.1) is 0 Å². The summed E-state index contributed by atoms with van der Waals surface area (Å²) in [4.78, 5) is 0. The largest absolute Gasteiger partial charge is 0.438 e. The van der Waals surface area contributed by atoms with Crippen LogP contribution in [0.15, 0.2) is 35.5 Å². The molecule has 2 nitrogen and oxygen atoms in total. The Morgan fingerprint density at radius 2 is 1.67 bits per heavy atom. The number of fused-ring (bicyclic) bond motifs is 1. The van der Waals surface area contributed by atoms with Gasteiger partial charge in [-0.1, -0.05) is 70.4 Å². The first-order valence-corrected chi connectivity index (χ1v) is 18.1. The fraction of sp³-hybridized carbons (Fsp3) is 0.758. The smallest absolute Gasteiger partial charge is 0.414 e. The predicted octanol–water partition coefficient (Wildman–Crippen LogP) is 10.1. The average Bonchev–Trinajstić information content (AvgIpc) is 3.19. The third-order valence-corrected chi connectivity index (χ3v) is 15.2. The summed E-state index contributed by atoms with van der Waals surface area (Å²) in [7, 11) is -1.89. The van der Waals surface area contributed by atoms with Crippen LogP contribution >= 0.6 is 0 Å². The minimum absolute atomic E-state index is 0.106. The Balaban J connectivity index is 1.75. The quantitative estimate of drug-likeness (QED) is 0.189. The molecule has 0 spiro atoms. The first kappa shape index (κ1) is 35.0. The van der Waals surface area contributed by atoms with Crippen LogP contribution in [-0.4, -0.2) is 37.5 Å². The maximum absolute atomic E-state index is 13.0. The van der Waals surface area contributed by atoms with Crippen LogP contribution in [0.3, 0.4) is 0 Å². The van der Waals surface area contributed by atoms with Crippen LogP contribution in [0.4, 0.5) is 26.3 Å². The van der Waals surface area contributed by atoms with Gasteiger partial charge in [-0.05, 0) is 104 Å². The van der Waals surface area contributed by atoms with E-state index in [1.54, 1.807) is 0 Å². The van der Waals surface area contributed by atoms with Gasteiger partial charge in [0, 0.05) is 12.5 Å². The molecule has 0 radical (unpaired) electrons. The summed E-state index contributed by atoms with van der Waals surface area (Å²) >= 11 is 0. The maximum atomic E-state index is 13.0. The molecular formula is C33H48F6O2Si. The van der Waals surface area contributed by atoms with Crippen molar-refractivity contribution in [2.45, 2.75) is 135 Å². The van der Waals surface area contributed by atoms with Crippen molar-refractivity contribution in [3.05, 3.63) is 35.5 Å². The predicted molar refractivity (Wildman–Crippen MR) is 158 cm³/mol. The van der Waals surface area contributed by atoms with E-state index >= 15 is 0 Å². The van der Waals surface area contributed by atoms with E-state index in [-0.39, 0.29) is 34.8 Å². The summed E-state index contributed by atoms with van der Waals surface area (Å²) in [5.74, 6) is 3.41. The normalized spacial score (nSPS) is 30.7. The highest BCUT2D eigenvalue weighted by Crippen LogP contribution is 2.60. The molecule has 0 heterocycles. The van der Waals surface area contributed by atoms with Gasteiger partial charge in [-0.15, -0.1) is 0 Å². The molecule has 3 aliphatic rings. The molecule has 0 amide bonds. The molecule has 0 aromatic heterocycles. The SMILES string of the molecule is C=C1CC[C@H](O[Si](C)(C)C(C)(C)C)C/C1=C/C=C1\CCC[C@]2(C)[C@@H]([C@H](C)CC#CC(O)(C(F)(F)F)C(F)(F)F)CC[C@@H]12. The summed E-state index contributed by atoms with van der Waals surface area (Å²) in [5, 5.41) is 9.52. The van der Waals surface area contributed by atoms with E-state index in [1.807, 2.05) is 6.92 Å². The molecule has 0 aromatic rings. The minimum atomic E-state index is -5.93. The van der Waals surface area contributed by atoms with Gasteiger partial charge in [-0.3, -0.25) is 0 Å². The highest BCUT2D eigenvalue weighted by atomic mass is 28.4. The Morgan fingerprint density at radius 3 is 2.24 bits per heavy atom. The van der Waals surface area contributed by atoms with Crippen molar-refractivity contribution in [3.8, 4) is 11.8 Å². The van der Waals surface area contributed by atoms with Crippen LogP contribution in [0.1, 0.15) is 92.4 Å². The molecule has 5 atom stereocenters. The van der Waals surface area contributed by atoms with Gasteiger partial charge in [0.2, 0.25) is 0 Å². The van der Waals surface area contributed by atoms with E-state index in [9.17, 15) is 31.4 Å². The van der Waals surface area contributed by atoms with Gasteiger partial charge in [0.15, 0.2) is 8.32 Å². The first-order chi connectivity index (χ1) is 19.0. The third-order valence-electron chi connectivity index (χ3n) is 10.7. The zero-order valence-electron chi connectivity index (χ0n) is 26.2. The lowest BCUT2D eigenvalue weighted by Crippen LogP contribution is -2.55. The summed E-state index contributed by atoms with van der Waals surface area (Å²) in [6.45, 7) is 19.7. The standard InChI is InChI=1S/C33H48F6O2Si/c1-22-13-16-26(41-42(7,8)29(3,4)5)21-25(22)15-14-24-12-10-19-30(6)27(17-18-28(24)30)23(2)11-9-20-31(40,32(34,35)36)33(37,38)39/h14-15,23,26-28,40H,1,10-13,16-19,21H2,2-8H3/b24-14+,25-15-/t23-,26+,27-,28+,30-/m1/s1. The molecule has 9 heteroatoms. The van der Waals surface area contributed by atoms with Crippen molar-refractivity contribution in [2.75, 3.05) is 0 Å². The lowest BCUT2D eigenvalue weighted by atomic mass is 9.61. The van der Waals surface area contributed by atoms with Crippen LogP contribution in [0, 0.1) is 35.0 Å². The molecule has 0 saturated heterocycles. The van der Waals surface area contributed by atoms with Crippen molar-refractivity contribution >= 4 is 8.32 Å². The molecule has 0 aliphatic heterocycles. The molecule has 238 valence electrons. The highest BCUT2D eigenvalue weighted by molar-refractivity contribution is 6.74. The van der Waals surface area contributed by atoms with Crippen molar-refractivity contribution in [1.29, 1.82) is 0 Å². The van der Waals surface area contributed by atoms with Crippen LogP contribution in [-0.2, 0) is 4.43 Å². The zero-order chi connectivity index (χ0) is 31.9. The average molecular weight is 619 g/mol. The van der Waals surface area contributed by atoms with E-state index in [0.717, 1.165) is 62.9 Å². The number of alkyl halides is 6. The van der Waals surface area contributed by atoms with Crippen molar-refractivity contribution in [1.82, 2.24) is 0 Å². The molecule has 0 aromatic carbocycles.